The van der Waals surface area contributed by atoms with E-state index in [1.54, 1.807) is 7.11 Å². The molecule has 1 aliphatic rings. The molecule has 122 valence electrons. The molecule has 0 spiro atoms. The molecule has 2 unspecified atom stereocenters. The van der Waals surface area contributed by atoms with Gasteiger partial charge in [-0.05, 0) is 44.7 Å². The maximum atomic E-state index is 12.4. The average molecular weight is 304 g/mol. The molecule has 0 heterocycles. The van der Waals surface area contributed by atoms with Crippen LogP contribution < -0.4 is 15.8 Å². The van der Waals surface area contributed by atoms with Gasteiger partial charge in [0.15, 0.2) is 0 Å². The number of methoxy groups -OCH3 is 1. The molecular weight excluding hydrogens is 276 g/mol. The summed E-state index contributed by atoms with van der Waals surface area (Å²) in [4.78, 5) is 12.4. The molecule has 0 bridgehead atoms. The number of ether oxygens (including phenoxy) is 1. The molecule has 1 aromatic carbocycles. The van der Waals surface area contributed by atoms with Crippen LogP contribution in [0.15, 0.2) is 18.2 Å². The van der Waals surface area contributed by atoms with Crippen molar-refractivity contribution >= 4 is 5.91 Å². The first-order chi connectivity index (χ1) is 10.4. The fourth-order valence-corrected chi connectivity index (χ4v) is 3.34. The molecule has 2 rings (SSSR count). The number of amides is 1. The van der Waals surface area contributed by atoms with E-state index in [1.807, 2.05) is 19.1 Å². The lowest BCUT2D eigenvalue weighted by atomic mass is 9.74. The third-order valence-electron chi connectivity index (χ3n) is 4.70. The van der Waals surface area contributed by atoms with Crippen LogP contribution in [0.5, 0.6) is 5.75 Å². The second-order valence-electron chi connectivity index (χ2n) is 6.66. The van der Waals surface area contributed by atoms with E-state index < -0.39 is 0 Å². The molecule has 0 radical (unpaired) electrons. The second kappa shape index (κ2) is 7.14. The minimum atomic E-state index is -0.372. The van der Waals surface area contributed by atoms with E-state index in [1.165, 1.54) is 5.56 Å². The number of aryl methyl sites for hydroxylation is 1. The van der Waals surface area contributed by atoms with Crippen LogP contribution in [-0.4, -0.2) is 25.1 Å². The van der Waals surface area contributed by atoms with Crippen LogP contribution in [-0.2, 0) is 11.2 Å². The Morgan fingerprint density at radius 3 is 2.91 bits per heavy atom. The van der Waals surface area contributed by atoms with Gasteiger partial charge in [0.25, 0.3) is 0 Å². The molecule has 1 amide bonds. The molecule has 0 aromatic heterocycles. The van der Waals surface area contributed by atoms with E-state index >= 15 is 0 Å². The molecule has 1 aliphatic carbocycles. The Morgan fingerprint density at radius 1 is 1.45 bits per heavy atom. The Bertz CT molecular complexity index is 526. The normalized spacial score (nSPS) is 24.8. The Hall–Kier alpha value is -1.55. The Balaban J connectivity index is 1.91. The SMILES string of the molecule is COc1ccc(C)cc1CCNC(=O)C1CCCCC1(C)N. The van der Waals surface area contributed by atoms with Gasteiger partial charge in [0, 0.05) is 12.1 Å². The van der Waals surface area contributed by atoms with Crippen LogP contribution in [0, 0.1) is 12.8 Å². The predicted octanol–water partition coefficient (Wildman–Crippen LogP) is 2.57. The van der Waals surface area contributed by atoms with Gasteiger partial charge in [-0.15, -0.1) is 0 Å². The van der Waals surface area contributed by atoms with Crippen LogP contribution in [0.2, 0.25) is 0 Å². The zero-order valence-corrected chi connectivity index (χ0v) is 13.9. The van der Waals surface area contributed by atoms with Gasteiger partial charge in [-0.2, -0.15) is 0 Å². The Morgan fingerprint density at radius 2 is 2.23 bits per heavy atom. The van der Waals surface area contributed by atoms with Crippen LogP contribution in [0.3, 0.4) is 0 Å². The number of hydrogen-bond acceptors (Lipinski definition) is 3. The van der Waals surface area contributed by atoms with Crippen molar-refractivity contribution in [1.29, 1.82) is 0 Å². The quantitative estimate of drug-likeness (QED) is 0.878. The lowest BCUT2D eigenvalue weighted by molar-refractivity contribution is -0.128. The molecule has 3 N–H and O–H groups in total. The van der Waals surface area contributed by atoms with E-state index in [2.05, 4.69) is 18.3 Å². The Kier molecular flexibility index (Phi) is 5.46. The lowest BCUT2D eigenvalue weighted by Gasteiger charge is -2.37. The largest absolute Gasteiger partial charge is 0.496 e. The van der Waals surface area contributed by atoms with Gasteiger partial charge in [-0.1, -0.05) is 30.5 Å². The van der Waals surface area contributed by atoms with Crippen molar-refractivity contribution in [1.82, 2.24) is 5.32 Å². The predicted molar refractivity (Wildman–Crippen MR) is 89.0 cm³/mol. The van der Waals surface area contributed by atoms with Crippen LogP contribution in [0.4, 0.5) is 0 Å². The summed E-state index contributed by atoms with van der Waals surface area (Å²) >= 11 is 0. The van der Waals surface area contributed by atoms with Gasteiger partial charge in [0.2, 0.25) is 5.91 Å². The van der Waals surface area contributed by atoms with Gasteiger partial charge in [-0.3, -0.25) is 4.79 Å². The highest BCUT2D eigenvalue weighted by Gasteiger charge is 2.37. The number of rotatable bonds is 5. The average Bonchev–Trinajstić information content (AvgIpc) is 2.47. The van der Waals surface area contributed by atoms with Gasteiger partial charge in [-0.25, -0.2) is 0 Å². The summed E-state index contributed by atoms with van der Waals surface area (Å²) in [6, 6.07) is 6.12. The van der Waals surface area contributed by atoms with E-state index in [0.29, 0.717) is 6.54 Å². The molecule has 2 atom stereocenters. The van der Waals surface area contributed by atoms with Crippen molar-refractivity contribution in [2.24, 2.45) is 11.7 Å². The summed E-state index contributed by atoms with van der Waals surface area (Å²) in [5.41, 5.74) is 8.24. The molecule has 1 fully saturated rings. The monoisotopic (exact) mass is 304 g/mol. The first-order valence-corrected chi connectivity index (χ1v) is 8.14. The maximum Gasteiger partial charge on any atom is 0.224 e. The van der Waals surface area contributed by atoms with Crippen LogP contribution in [0.25, 0.3) is 0 Å². The molecular formula is C18H28N2O2. The van der Waals surface area contributed by atoms with E-state index in [-0.39, 0.29) is 17.4 Å². The first kappa shape index (κ1) is 16.8. The summed E-state index contributed by atoms with van der Waals surface area (Å²) in [6.07, 6.45) is 4.81. The minimum Gasteiger partial charge on any atom is -0.496 e. The fraction of sp³-hybridized carbons (Fsp3) is 0.611. The van der Waals surface area contributed by atoms with E-state index in [9.17, 15) is 4.79 Å². The number of benzene rings is 1. The van der Waals surface area contributed by atoms with E-state index in [0.717, 1.165) is 43.4 Å². The molecule has 4 nitrogen and oxygen atoms in total. The summed E-state index contributed by atoms with van der Waals surface area (Å²) in [5, 5.41) is 3.05. The van der Waals surface area contributed by atoms with Crippen LogP contribution in [0.1, 0.15) is 43.7 Å². The summed E-state index contributed by atoms with van der Waals surface area (Å²) < 4.78 is 5.37. The number of hydrogen-bond donors (Lipinski definition) is 2. The maximum absolute atomic E-state index is 12.4. The second-order valence-corrected chi connectivity index (χ2v) is 6.66. The standard InChI is InChI=1S/C18H28N2O2/c1-13-7-8-16(22-3)14(12-13)9-11-20-17(21)15-6-4-5-10-18(15,2)19/h7-8,12,15H,4-6,9-11,19H2,1-3H3,(H,20,21). The van der Waals surface area contributed by atoms with Crippen LogP contribution >= 0.6 is 0 Å². The summed E-state index contributed by atoms with van der Waals surface area (Å²) in [7, 11) is 1.68. The molecule has 0 aliphatic heterocycles. The van der Waals surface area contributed by atoms with Crippen molar-refractivity contribution in [2.45, 2.75) is 51.5 Å². The fourth-order valence-electron chi connectivity index (χ4n) is 3.34. The van der Waals surface area contributed by atoms with Gasteiger partial charge in [0.05, 0.1) is 13.0 Å². The van der Waals surface area contributed by atoms with Crippen molar-refractivity contribution in [3.8, 4) is 5.75 Å². The van der Waals surface area contributed by atoms with Crippen molar-refractivity contribution in [3.05, 3.63) is 29.3 Å². The van der Waals surface area contributed by atoms with Crippen molar-refractivity contribution in [2.75, 3.05) is 13.7 Å². The number of nitrogens with one attached hydrogen (secondary N) is 1. The topological polar surface area (TPSA) is 64.3 Å². The van der Waals surface area contributed by atoms with Gasteiger partial charge in [0.1, 0.15) is 5.75 Å². The zero-order chi connectivity index (χ0) is 16.2. The molecule has 0 saturated heterocycles. The van der Waals surface area contributed by atoms with Gasteiger partial charge >= 0.3 is 0 Å². The van der Waals surface area contributed by atoms with Crippen molar-refractivity contribution in [3.63, 3.8) is 0 Å². The number of nitrogens with two attached hydrogens (primary N) is 1. The minimum absolute atomic E-state index is 0.0688. The summed E-state index contributed by atoms with van der Waals surface area (Å²) in [5.74, 6) is 0.901. The highest BCUT2D eigenvalue weighted by molar-refractivity contribution is 5.80. The Labute approximate surface area is 133 Å². The molecule has 1 saturated carbocycles. The first-order valence-electron chi connectivity index (χ1n) is 8.14. The zero-order valence-electron chi connectivity index (χ0n) is 13.9. The summed E-state index contributed by atoms with van der Waals surface area (Å²) in [6.45, 7) is 4.68. The third-order valence-corrected chi connectivity index (χ3v) is 4.70. The van der Waals surface area contributed by atoms with Gasteiger partial charge < -0.3 is 15.8 Å². The molecule has 1 aromatic rings. The highest BCUT2D eigenvalue weighted by atomic mass is 16.5. The van der Waals surface area contributed by atoms with E-state index in [4.69, 9.17) is 10.5 Å². The molecule has 4 heteroatoms. The lowest BCUT2D eigenvalue weighted by Crippen LogP contribution is -2.53. The smallest absolute Gasteiger partial charge is 0.224 e. The third kappa shape index (κ3) is 4.01. The number of carbonyl (C=O) groups excluding carboxylic acids is 1. The van der Waals surface area contributed by atoms with Crippen molar-refractivity contribution < 1.29 is 9.53 Å². The number of carbonyl (C=O) groups is 1. The highest BCUT2D eigenvalue weighted by Crippen LogP contribution is 2.31. The molecule has 22 heavy (non-hydrogen) atoms.